The average Bonchev–Trinajstić information content (AvgIpc) is 2.26. The summed E-state index contributed by atoms with van der Waals surface area (Å²) in [7, 11) is 3.27. The molecule has 0 saturated heterocycles. The molecule has 0 heterocycles. The first-order valence-corrected chi connectivity index (χ1v) is 5.22. The molecule has 0 saturated carbocycles. The third kappa shape index (κ3) is 3.30. The first kappa shape index (κ1) is 10.9. The van der Waals surface area contributed by atoms with Crippen LogP contribution in [0.25, 0.3) is 0 Å². The Morgan fingerprint density at radius 2 is 2.07 bits per heavy atom. The van der Waals surface area contributed by atoms with Crippen LogP contribution in [0.2, 0.25) is 0 Å². The van der Waals surface area contributed by atoms with Crippen molar-refractivity contribution in [1.29, 1.82) is 0 Å². The summed E-state index contributed by atoms with van der Waals surface area (Å²) in [5.41, 5.74) is 0. The molecule has 0 aromatic heterocycles. The maximum atomic E-state index is 11.0. The molecule has 1 rings (SSSR count). The fourth-order valence-corrected chi connectivity index (χ4v) is 1.66. The Morgan fingerprint density at radius 3 is 2.57 bits per heavy atom. The van der Waals surface area contributed by atoms with Crippen LogP contribution < -0.4 is 10.1 Å². The van der Waals surface area contributed by atoms with E-state index < -0.39 is 0 Å². The molecule has 0 atom stereocenters. The lowest BCUT2D eigenvalue weighted by molar-refractivity contribution is -0.118. The zero-order valence-corrected chi connectivity index (χ0v) is 9.06. The Kier molecular flexibility index (Phi) is 4.32. The van der Waals surface area contributed by atoms with Crippen molar-refractivity contribution in [3.63, 3.8) is 0 Å². The number of nitrogens with one attached hydrogen (secondary N) is 1. The van der Waals surface area contributed by atoms with Crippen molar-refractivity contribution in [2.75, 3.05) is 19.9 Å². The van der Waals surface area contributed by atoms with Crippen LogP contribution in [0.1, 0.15) is 0 Å². The molecule has 0 aliphatic heterocycles. The normalized spacial score (nSPS) is 9.57. The Bertz CT molecular complexity index is 297. The van der Waals surface area contributed by atoms with Gasteiger partial charge in [-0.2, -0.15) is 0 Å². The Labute approximate surface area is 87.8 Å². The maximum Gasteiger partial charge on any atom is 0.230 e. The molecular formula is C10H13NO2S. The summed E-state index contributed by atoms with van der Waals surface area (Å²) in [6.45, 7) is 0. The highest BCUT2D eigenvalue weighted by atomic mass is 32.2. The van der Waals surface area contributed by atoms with Crippen LogP contribution in [0.5, 0.6) is 5.75 Å². The zero-order chi connectivity index (χ0) is 10.4. The van der Waals surface area contributed by atoms with E-state index in [9.17, 15) is 4.79 Å². The third-order valence-electron chi connectivity index (χ3n) is 1.71. The second-order valence-corrected chi connectivity index (χ2v) is 3.69. The van der Waals surface area contributed by atoms with Gasteiger partial charge in [-0.1, -0.05) is 0 Å². The lowest BCUT2D eigenvalue weighted by Gasteiger charge is -2.02. The molecule has 0 bridgehead atoms. The maximum absolute atomic E-state index is 11.0. The fourth-order valence-electron chi connectivity index (χ4n) is 0.893. The number of thioether (sulfide) groups is 1. The molecule has 76 valence electrons. The number of amides is 1. The minimum absolute atomic E-state index is 0.0332. The molecule has 14 heavy (non-hydrogen) atoms. The predicted octanol–water partition coefficient (Wildman–Crippen LogP) is 1.53. The third-order valence-corrected chi connectivity index (χ3v) is 2.72. The van der Waals surface area contributed by atoms with Gasteiger partial charge in [-0.05, 0) is 24.3 Å². The van der Waals surface area contributed by atoms with E-state index in [4.69, 9.17) is 4.74 Å². The Hall–Kier alpha value is -1.16. The van der Waals surface area contributed by atoms with Crippen molar-refractivity contribution in [2.45, 2.75) is 4.90 Å². The van der Waals surface area contributed by atoms with Crippen molar-refractivity contribution in [1.82, 2.24) is 5.32 Å². The first-order valence-electron chi connectivity index (χ1n) is 4.23. The summed E-state index contributed by atoms with van der Waals surface area (Å²) in [5.74, 6) is 1.31. The molecule has 0 spiro atoms. The molecule has 0 radical (unpaired) electrons. The van der Waals surface area contributed by atoms with Gasteiger partial charge in [-0.15, -0.1) is 11.8 Å². The summed E-state index contributed by atoms with van der Waals surface area (Å²) < 4.78 is 5.03. The van der Waals surface area contributed by atoms with Gasteiger partial charge < -0.3 is 10.1 Å². The van der Waals surface area contributed by atoms with Crippen LogP contribution in [0, 0.1) is 0 Å². The number of benzene rings is 1. The van der Waals surface area contributed by atoms with Gasteiger partial charge in [0.05, 0.1) is 12.9 Å². The summed E-state index contributed by atoms with van der Waals surface area (Å²) in [6.07, 6.45) is 0. The highest BCUT2D eigenvalue weighted by Gasteiger charge is 1.99. The van der Waals surface area contributed by atoms with E-state index in [1.165, 1.54) is 11.8 Å². The number of hydrogen-bond acceptors (Lipinski definition) is 3. The van der Waals surface area contributed by atoms with E-state index >= 15 is 0 Å². The van der Waals surface area contributed by atoms with Gasteiger partial charge in [-0.25, -0.2) is 0 Å². The van der Waals surface area contributed by atoms with Crippen LogP contribution in [0.4, 0.5) is 0 Å². The zero-order valence-electron chi connectivity index (χ0n) is 8.24. The van der Waals surface area contributed by atoms with Crippen LogP contribution in [-0.2, 0) is 4.79 Å². The highest BCUT2D eigenvalue weighted by Crippen LogP contribution is 2.20. The number of carbonyl (C=O) groups is 1. The van der Waals surface area contributed by atoms with Gasteiger partial charge in [-0.3, -0.25) is 4.79 Å². The SMILES string of the molecule is CNC(=O)CSc1ccc(OC)cc1. The van der Waals surface area contributed by atoms with Gasteiger partial charge >= 0.3 is 0 Å². The van der Waals surface area contributed by atoms with E-state index in [1.807, 2.05) is 24.3 Å². The van der Waals surface area contributed by atoms with E-state index in [0.29, 0.717) is 5.75 Å². The average molecular weight is 211 g/mol. The lowest BCUT2D eigenvalue weighted by Crippen LogP contribution is -2.19. The van der Waals surface area contributed by atoms with Gasteiger partial charge in [0.15, 0.2) is 0 Å². The van der Waals surface area contributed by atoms with Crippen molar-refractivity contribution >= 4 is 17.7 Å². The second-order valence-electron chi connectivity index (χ2n) is 2.64. The summed E-state index contributed by atoms with van der Waals surface area (Å²) in [5, 5.41) is 2.57. The molecule has 1 amide bonds. The number of rotatable bonds is 4. The first-order chi connectivity index (χ1) is 6.76. The number of carbonyl (C=O) groups excluding carboxylic acids is 1. The minimum atomic E-state index is 0.0332. The van der Waals surface area contributed by atoms with E-state index in [2.05, 4.69) is 5.32 Å². The van der Waals surface area contributed by atoms with Crippen LogP contribution in [0.3, 0.4) is 0 Å². The van der Waals surface area contributed by atoms with Crippen LogP contribution in [-0.4, -0.2) is 25.8 Å². The van der Waals surface area contributed by atoms with Gasteiger partial charge in [0.25, 0.3) is 0 Å². The predicted molar refractivity (Wildman–Crippen MR) is 57.8 cm³/mol. The molecular weight excluding hydrogens is 198 g/mol. The lowest BCUT2D eigenvalue weighted by atomic mass is 10.3. The molecule has 1 aromatic rings. The van der Waals surface area contributed by atoms with Gasteiger partial charge in [0.2, 0.25) is 5.91 Å². The van der Waals surface area contributed by atoms with Crippen LogP contribution in [0.15, 0.2) is 29.2 Å². The topological polar surface area (TPSA) is 38.3 Å². The molecule has 3 nitrogen and oxygen atoms in total. The molecule has 0 aliphatic carbocycles. The standard InChI is InChI=1S/C10H13NO2S/c1-11-10(12)7-14-9-5-3-8(13-2)4-6-9/h3-6H,7H2,1-2H3,(H,11,12). The smallest absolute Gasteiger partial charge is 0.230 e. The molecule has 0 fully saturated rings. The van der Waals surface area contributed by atoms with E-state index in [-0.39, 0.29) is 5.91 Å². The second kappa shape index (κ2) is 5.54. The van der Waals surface area contributed by atoms with E-state index in [0.717, 1.165) is 10.6 Å². The molecule has 1 aromatic carbocycles. The fraction of sp³-hybridized carbons (Fsp3) is 0.300. The Morgan fingerprint density at radius 1 is 1.43 bits per heavy atom. The van der Waals surface area contributed by atoms with Crippen molar-refractivity contribution in [2.24, 2.45) is 0 Å². The quantitative estimate of drug-likeness (QED) is 0.768. The number of hydrogen-bond donors (Lipinski definition) is 1. The number of ether oxygens (including phenoxy) is 1. The Balaban J connectivity index is 2.47. The largest absolute Gasteiger partial charge is 0.497 e. The minimum Gasteiger partial charge on any atom is -0.497 e. The van der Waals surface area contributed by atoms with Crippen molar-refractivity contribution in [3.05, 3.63) is 24.3 Å². The van der Waals surface area contributed by atoms with Gasteiger partial charge in [0.1, 0.15) is 5.75 Å². The van der Waals surface area contributed by atoms with Crippen molar-refractivity contribution in [3.8, 4) is 5.75 Å². The summed E-state index contributed by atoms with van der Waals surface area (Å²) in [6, 6.07) is 7.64. The van der Waals surface area contributed by atoms with Gasteiger partial charge in [0, 0.05) is 11.9 Å². The summed E-state index contributed by atoms with van der Waals surface area (Å²) >= 11 is 1.50. The van der Waals surface area contributed by atoms with Crippen LogP contribution >= 0.6 is 11.8 Å². The van der Waals surface area contributed by atoms with Crippen molar-refractivity contribution < 1.29 is 9.53 Å². The molecule has 1 N–H and O–H groups in total. The molecule has 4 heteroatoms. The highest BCUT2D eigenvalue weighted by molar-refractivity contribution is 8.00. The molecule has 0 aliphatic rings. The van der Waals surface area contributed by atoms with E-state index in [1.54, 1.807) is 14.2 Å². The monoisotopic (exact) mass is 211 g/mol. The summed E-state index contributed by atoms with van der Waals surface area (Å²) in [4.78, 5) is 12.0. The molecule has 0 unspecified atom stereocenters. The number of methoxy groups -OCH3 is 1.